The van der Waals surface area contributed by atoms with E-state index in [2.05, 4.69) is 22.9 Å². The molecule has 2 fully saturated rings. The Morgan fingerprint density at radius 3 is 2.32 bits per heavy atom. The first kappa shape index (κ1) is 23.6. The third kappa shape index (κ3) is 5.08. The van der Waals surface area contributed by atoms with Gasteiger partial charge in [-0.05, 0) is 73.4 Å². The maximum absolute atomic E-state index is 13.6. The molecule has 0 spiro atoms. The molecule has 1 saturated carbocycles. The summed E-state index contributed by atoms with van der Waals surface area (Å²) >= 11 is 12.3. The molecule has 7 heteroatoms. The van der Waals surface area contributed by atoms with E-state index in [0.29, 0.717) is 11.6 Å². The summed E-state index contributed by atoms with van der Waals surface area (Å²) in [5.41, 5.74) is 4.46. The van der Waals surface area contributed by atoms with Crippen LogP contribution in [0.4, 0.5) is 0 Å². The molecular weight excluding hydrogens is 467 g/mol. The van der Waals surface area contributed by atoms with E-state index in [1.165, 1.54) is 5.57 Å². The van der Waals surface area contributed by atoms with Crippen LogP contribution in [0.2, 0.25) is 10.0 Å². The Balaban J connectivity index is 1.46. The van der Waals surface area contributed by atoms with E-state index in [9.17, 15) is 4.79 Å². The van der Waals surface area contributed by atoms with Crippen LogP contribution in [0.5, 0.6) is 0 Å². The molecule has 2 aromatic carbocycles. The van der Waals surface area contributed by atoms with Crippen molar-refractivity contribution >= 4 is 40.9 Å². The van der Waals surface area contributed by atoms with Crippen LogP contribution in [0.3, 0.4) is 0 Å². The van der Waals surface area contributed by atoms with Gasteiger partial charge in [-0.15, -0.1) is 0 Å². The molecule has 0 aromatic heterocycles. The smallest absolute Gasteiger partial charge is 0.257 e. The molecule has 2 heterocycles. The van der Waals surface area contributed by atoms with E-state index in [0.717, 1.165) is 67.3 Å². The lowest BCUT2D eigenvalue weighted by Crippen LogP contribution is -2.48. The molecule has 1 saturated heterocycles. The van der Waals surface area contributed by atoms with Crippen LogP contribution >= 0.6 is 23.2 Å². The Morgan fingerprint density at radius 2 is 1.65 bits per heavy atom. The maximum Gasteiger partial charge on any atom is 0.257 e. The van der Waals surface area contributed by atoms with Gasteiger partial charge in [-0.2, -0.15) is 5.10 Å². The number of halogens is 2. The summed E-state index contributed by atoms with van der Waals surface area (Å²) in [6.45, 7) is 4.18. The topological polar surface area (TPSA) is 39.1 Å². The molecule has 0 radical (unpaired) electrons. The standard InChI is InChI=1S/C27H30Cl2N4O/c1-31-13-15-32(16-14-31)18-25(34)33-27(20-7-11-23(29)12-8-20)24-4-2-3-21(26(24)30-33)17-19-5-9-22(28)10-6-19/h5-12,17,24,27H,2-4,13-16,18H2,1H3. The summed E-state index contributed by atoms with van der Waals surface area (Å²) in [5.74, 6) is 0.252. The lowest BCUT2D eigenvalue weighted by atomic mass is 9.77. The molecule has 2 atom stereocenters. The lowest BCUT2D eigenvalue weighted by molar-refractivity contribution is -0.135. The Kier molecular flexibility index (Phi) is 7.07. The second-order valence-electron chi connectivity index (χ2n) is 9.52. The van der Waals surface area contributed by atoms with E-state index in [4.69, 9.17) is 28.3 Å². The number of benzene rings is 2. The highest BCUT2D eigenvalue weighted by Crippen LogP contribution is 2.44. The first-order valence-electron chi connectivity index (χ1n) is 12.0. The summed E-state index contributed by atoms with van der Waals surface area (Å²) in [7, 11) is 2.13. The van der Waals surface area contributed by atoms with E-state index in [-0.39, 0.29) is 17.9 Å². The molecule has 0 N–H and O–H groups in total. The molecule has 34 heavy (non-hydrogen) atoms. The minimum Gasteiger partial charge on any atom is -0.304 e. The number of rotatable bonds is 4. The highest BCUT2D eigenvalue weighted by Gasteiger charge is 2.43. The number of piperazine rings is 1. The van der Waals surface area contributed by atoms with E-state index >= 15 is 0 Å². The highest BCUT2D eigenvalue weighted by atomic mass is 35.5. The maximum atomic E-state index is 13.6. The second kappa shape index (κ2) is 10.2. The molecule has 1 aliphatic carbocycles. The average molecular weight is 497 g/mol. The van der Waals surface area contributed by atoms with Crippen molar-refractivity contribution in [2.45, 2.75) is 25.3 Å². The summed E-state index contributed by atoms with van der Waals surface area (Å²) in [6, 6.07) is 15.7. The zero-order valence-corrected chi connectivity index (χ0v) is 21.0. The fraction of sp³-hybridized carbons (Fsp3) is 0.407. The van der Waals surface area contributed by atoms with Crippen LogP contribution in [0, 0.1) is 5.92 Å². The van der Waals surface area contributed by atoms with Crippen LogP contribution in [0.15, 0.2) is 59.2 Å². The van der Waals surface area contributed by atoms with Crippen molar-refractivity contribution in [3.8, 4) is 0 Å². The summed E-state index contributed by atoms with van der Waals surface area (Å²) in [6.07, 6.45) is 5.26. The van der Waals surface area contributed by atoms with Crippen molar-refractivity contribution in [2.24, 2.45) is 11.0 Å². The Hall–Kier alpha value is -2.18. The van der Waals surface area contributed by atoms with E-state index < -0.39 is 0 Å². The molecule has 5 nitrogen and oxygen atoms in total. The zero-order valence-electron chi connectivity index (χ0n) is 19.5. The fourth-order valence-electron chi connectivity index (χ4n) is 5.23. The summed E-state index contributed by atoms with van der Waals surface area (Å²) in [5, 5.41) is 8.19. The molecule has 1 amide bonds. The average Bonchev–Trinajstić information content (AvgIpc) is 3.23. The number of hydrogen-bond acceptors (Lipinski definition) is 4. The summed E-state index contributed by atoms with van der Waals surface area (Å²) < 4.78 is 0. The molecule has 5 rings (SSSR count). The second-order valence-corrected chi connectivity index (χ2v) is 10.4. The third-order valence-corrected chi connectivity index (χ3v) is 7.64. The number of nitrogens with zero attached hydrogens (tertiary/aromatic N) is 4. The number of carbonyl (C=O) groups is 1. The van der Waals surface area contributed by atoms with Crippen molar-refractivity contribution in [2.75, 3.05) is 39.8 Å². The third-order valence-electron chi connectivity index (χ3n) is 7.13. The van der Waals surface area contributed by atoms with E-state index in [1.807, 2.05) is 48.5 Å². The van der Waals surface area contributed by atoms with E-state index in [1.54, 1.807) is 5.01 Å². The van der Waals surface area contributed by atoms with Crippen LogP contribution in [0.25, 0.3) is 6.08 Å². The number of amides is 1. The predicted molar refractivity (Wildman–Crippen MR) is 139 cm³/mol. The molecular formula is C27H30Cl2N4O. The van der Waals surface area contributed by atoms with Gasteiger partial charge in [-0.3, -0.25) is 9.69 Å². The minimum absolute atomic E-state index is 0.0669. The van der Waals surface area contributed by atoms with Crippen molar-refractivity contribution in [1.82, 2.24) is 14.8 Å². The number of fused-ring (bicyclic) bond motifs is 1. The Labute approximate surface area is 211 Å². The van der Waals surface area contributed by atoms with Gasteiger partial charge >= 0.3 is 0 Å². The molecule has 178 valence electrons. The van der Waals surface area contributed by atoms with Crippen LogP contribution in [-0.4, -0.2) is 66.2 Å². The molecule has 0 bridgehead atoms. The van der Waals surface area contributed by atoms with Gasteiger partial charge < -0.3 is 4.90 Å². The number of allylic oxidation sites excluding steroid dienone is 1. The first-order valence-corrected chi connectivity index (χ1v) is 12.8. The quantitative estimate of drug-likeness (QED) is 0.571. The zero-order chi connectivity index (χ0) is 23.7. The van der Waals surface area contributed by atoms with Gasteiger partial charge in [-0.1, -0.05) is 47.5 Å². The number of carbonyl (C=O) groups excluding carboxylic acids is 1. The van der Waals surface area contributed by atoms with Gasteiger partial charge in [0.15, 0.2) is 0 Å². The molecule has 2 aromatic rings. The van der Waals surface area contributed by atoms with Gasteiger partial charge in [0.25, 0.3) is 5.91 Å². The predicted octanol–water partition coefficient (Wildman–Crippen LogP) is 5.36. The summed E-state index contributed by atoms with van der Waals surface area (Å²) in [4.78, 5) is 18.1. The van der Waals surface area contributed by atoms with Gasteiger partial charge in [0.2, 0.25) is 0 Å². The lowest BCUT2D eigenvalue weighted by Gasteiger charge is -2.34. The van der Waals surface area contributed by atoms with Gasteiger partial charge in [0.05, 0.1) is 18.3 Å². The van der Waals surface area contributed by atoms with Crippen molar-refractivity contribution in [1.29, 1.82) is 0 Å². The van der Waals surface area contributed by atoms with Gasteiger partial charge in [-0.25, -0.2) is 5.01 Å². The first-order chi connectivity index (χ1) is 16.5. The monoisotopic (exact) mass is 496 g/mol. The number of hydrogen-bond donors (Lipinski definition) is 0. The van der Waals surface area contributed by atoms with Crippen LogP contribution in [-0.2, 0) is 4.79 Å². The SMILES string of the molecule is CN1CCN(CC(=O)N2N=C3C(=Cc4ccc(Cl)cc4)CCCC3C2c2ccc(Cl)cc2)CC1. The largest absolute Gasteiger partial charge is 0.304 e. The normalized spacial score (nSPS) is 24.9. The van der Waals surface area contributed by atoms with Crippen molar-refractivity contribution < 1.29 is 4.79 Å². The number of hydrazone groups is 1. The Bertz CT molecular complexity index is 1090. The van der Waals surface area contributed by atoms with Gasteiger partial charge in [0.1, 0.15) is 0 Å². The fourth-order valence-corrected chi connectivity index (χ4v) is 5.48. The molecule has 2 unspecified atom stereocenters. The van der Waals surface area contributed by atoms with Crippen molar-refractivity contribution in [3.63, 3.8) is 0 Å². The number of likely N-dealkylation sites (N-methyl/N-ethyl adjacent to an activating group) is 1. The van der Waals surface area contributed by atoms with Crippen molar-refractivity contribution in [3.05, 3.63) is 75.3 Å². The minimum atomic E-state index is -0.0962. The van der Waals surface area contributed by atoms with Crippen LogP contribution in [0.1, 0.15) is 36.4 Å². The van der Waals surface area contributed by atoms with Gasteiger partial charge in [0, 0.05) is 42.1 Å². The highest BCUT2D eigenvalue weighted by molar-refractivity contribution is 6.30. The molecule has 3 aliphatic rings. The molecule has 2 aliphatic heterocycles. The van der Waals surface area contributed by atoms with Crippen LogP contribution < -0.4 is 0 Å². The Morgan fingerprint density at radius 1 is 1.00 bits per heavy atom.